The highest BCUT2D eigenvalue weighted by molar-refractivity contribution is 5.99. The average molecular weight is 233 g/mol. The van der Waals surface area contributed by atoms with Gasteiger partial charge in [-0.05, 0) is 24.6 Å². The number of esters is 1. The summed E-state index contributed by atoms with van der Waals surface area (Å²) in [4.78, 5) is 24.9. The van der Waals surface area contributed by atoms with E-state index in [9.17, 15) is 9.59 Å². The molecule has 0 bridgehead atoms. The molecule has 1 saturated heterocycles. The van der Waals surface area contributed by atoms with Crippen LogP contribution in [0.3, 0.4) is 0 Å². The molecule has 1 aliphatic heterocycles. The predicted molar refractivity (Wildman–Crippen MR) is 63.7 cm³/mol. The van der Waals surface area contributed by atoms with E-state index in [1.165, 1.54) is 7.11 Å². The summed E-state index contributed by atoms with van der Waals surface area (Å²) in [7, 11) is 1.35. The first kappa shape index (κ1) is 11.6. The molecule has 4 heteroatoms. The minimum absolute atomic E-state index is 0.0222. The summed E-state index contributed by atoms with van der Waals surface area (Å²) in [6, 6.07) is 7.70. The fourth-order valence-corrected chi connectivity index (χ4v) is 2.08. The summed E-state index contributed by atoms with van der Waals surface area (Å²) in [6.07, 6.45) is 0.237. The van der Waals surface area contributed by atoms with Crippen LogP contribution in [-0.2, 0) is 14.3 Å². The molecule has 0 radical (unpaired) electrons. The van der Waals surface area contributed by atoms with Crippen LogP contribution in [0.25, 0.3) is 0 Å². The second-order valence-electron chi connectivity index (χ2n) is 4.27. The maximum absolute atomic E-state index is 11.8. The van der Waals surface area contributed by atoms with E-state index in [4.69, 9.17) is 0 Å². The summed E-state index contributed by atoms with van der Waals surface area (Å²) >= 11 is 0. The lowest BCUT2D eigenvalue weighted by Crippen LogP contribution is -2.26. The Morgan fingerprint density at radius 3 is 2.88 bits per heavy atom. The predicted octanol–water partition coefficient (Wildman–Crippen LogP) is 1.52. The van der Waals surface area contributed by atoms with Gasteiger partial charge in [0.2, 0.25) is 5.91 Å². The number of amides is 1. The Morgan fingerprint density at radius 1 is 1.47 bits per heavy atom. The molecule has 90 valence electrons. The fourth-order valence-electron chi connectivity index (χ4n) is 2.08. The molecule has 1 aromatic rings. The Labute approximate surface area is 100 Å². The van der Waals surface area contributed by atoms with E-state index in [-0.39, 0.29) is 24.2 Å². The molecule has 0 spiro atoms. The maximum Gasteiger partial charge on any atom is 0.311 e. The van der Waals surface area contributed by atoms with Crippen molar-refractivity contribution in [2.75, 3.05) is 18.6 Å². The third-order valence-corrected chi connectivity index (χ3v) is 2.97. The highest BCUT2D eigenvalue weighted by Gasteiger charge is 2.35. The number of benzene rings is 1. The number of ether oxygens (including phenoxy) is 1. The Hall–Kier alpha value is -1.84. The first-order valence-electron chi connectivity index (χ1n) is 5.56. The lowest BCUT2D eigenvalue weighted by atomic mass is 10.1. The molecular weight excluding hydrogens is 218 g/mol. The van der Waals surface area contributed by atoms with Gasteiger partial charge in [-0.2, -0.15) is 0 Å². The second kappa shape index (κ2) is 4.57. The summed E-state index contributed by atoms with van der Waals surface area (Å²) in [5, 5.41) is 0. The van der Waals surface area contributed by atoms with Crippen molar-refractivity contribution in [2.24, 2.45) is 5.92 Å². The molecule has 1 aliphatic rings. The van der Waals surface area contributed by atoms with Gasteiger partial charge < -0.3 is 9.64 Å². The van der Waals surface area contributed by atoms with Crippen molar-refractivity contribution in [1.29, 1.82) is 0 Å². The fraction of sp³-hybridized carbons (Fsp3) is 0.385. The van der Waals surface area contributed by atoms with Crippen LogP contribution in [0.2, 0.25) is 0 Å². The normalized spacial score (nSPS) is 19.5. The van der Waals surface area contributed by atoms with Crippen LogP contribution in [0.15, 0.2) is 24.3 Å². The summed E-state index contributed by atoms with van der Waals surface area (Å²) in [5.74, 6) is -0.674. The van der Waals surface area contributed by atoms with Gasteiger partial charge in [-0.1, -0.05) is 12.1 Å². The number of methoxy groups -OCH3 is 1. The van der Waals surface area contributed by atoms with E-state index in [0.29, 0.717) is 6.54 Å². The van der Waals surface area contributed by atoms with Crippen LogP contribution >= 0.6 is 0 Å². The van der Waals surface area contributed by atoms with Gasteiger partial charge in [-0.3, -0.25) is 9.59 Å². The van der Waals surface area contributed by atoms with Crippen LogP contribution in [-0.4, -0.2) is 25.5 Å². The maximum atomic E-state index is 11.8. The number of nitrogens with zero attached hydrogens (tertiary/aromatic N) is 1. The van der Waals surface area contributed by atoms with E-state index in [1.807, 2.05) is 31.2 Å². The first-order valence-corrected chi connectivity index (χ1v) is 5.56. The van der Waals surface area contributed by atoms with Gasteiger partial charge in [0.1, 0.15) is 0 Å². The summed E-state index contributed by atoms with van der Waals surface area (Å²) < 4.78 is 4.67. The van der Waals surface area contributed by atoms with E-state index in [0.717, 1.165) is 11.3 Å². The summed E-state index contributed by atoms with van der Waals surface area (Å²) in [6.45, 7) is 2.39. The average Bonchev–Trinajstić information content (AvgIpc) is 2.70. The van der Waals surface area contributed by atoms with Crippen LogP contribution < -0.4 is 4.90 Å². The van der Waals surface area contributed by atoms with Gasteiger partial charge >= 0.3 is 5.97 Å². The molecule has 2 rings (SSSR count). The molecular formula is C13H15NO3. The topological polar surface area (TPSA) is 46.6 Å². The lowest BCUT2D eigenvalue weighted by Gasteiger charge is -2.16. The summed E-state index contributed by atoms with van der Waals surface area (Å²) in [5.41, 5.74) is 1.94. The molecule has 1 atom stereocenters. The third kappa shape index (κ3) is 2.30. The van der Waals surface area contributed by atoms with E-state index >= 15 is 0 Å². The van der Waals surface area contributed by atoms with Crippen molar-refractivity contribution in [2.45, 2.75) is 13.3 Å². The van der Waals surface area contributed by atoms with Crippen molar-refractivity contribution < 1.29 is 14.3 Å². The zero-order chi connectivity index (χ0) is 12.4. The van der Waals surface area contributed by atoms with Gasteiger partial charge in [0.15, 0.2) is 0 Å². The van der Waals surface area contributed by atoms with Gasteiger partial charge in [0.25, 0.3) is 0 Å². The highest BCUT2D eigenvalue weighted by Crippen LogP contribution is 2.26. The quantitative estimate of drug-likeness (QED) is 0.728. The van der Waals surface area contributed by atoms with Gasteiger partial charge in [0.05, 0.1) is 13.0 Å². The minimum Gasteiger partial charge on any atom is -0.469 e. The standard InChI is InChI=1S/C13H15NO3/c1-9-4-3-5-11(6-9)14-8-10(7-12(14)15)13(16)17-2/h3-6,10H,7-8H2,1-2H3/t10-/m0/s1. The number of hydrogen-bond acceptors (Lipinski definition) is 3. The molecule has 4 nitrogen and oxygen atoms in total. The first-order chi connectivity index (χ1) is 8.11. The Bertz CT molecular complexity index is 456. The van der Waals surface area contributed by atoms with Crippen molar-refractivity contribution in [1.82, 2.24) is 0 Å². The number of aryl methyl sites for hydroxylation is 1. The zero-order valence-corrected chi connectivity index (χ0v) is 9.97. The monoisotopic (exact) mass is 233 g/mol. The Morgan fingerprint density at radius 2 is 2.24 bits per heavy atom. The van der Waals surface area contributed by atoms with Crippen LogP contribution in [0.5, 0.6) is 0 Å². The smallest absolute Gasteiger partial charge is 0.311 e. The molecule has 1 amide bonds. The number of rotatable bonds is 2. The van der Waals surface area contributed by atoms with Crippen molar-refractivity contribution in [3.05, 3.63) is 29.8 Å². The van der Waals surface area contributed by atoms with Crippen molar-refractivity contribution in [3.63, 3.8) is 0 Å². The zero-order valence-electron chi connectivity index (χ0n) is 9.97. The SMILES string of the molecule is COC(=O)[C@H]1CC(=O)N(c2cccc(C)c2)C1. The third-order valence-electron chi connectivity index (χ3n) is 2.97. The molecule has 0 unspecified atom stereocenters. The molecule has 17 heavy (non-hydrogen) atoms. The van der Waals surface area contributed by atoms with E-state index in [2.05, 4.69) is 4.74 Å². The second-order valence-corrected chi connectivity index (χ2v) is 4.27. The Kier molecular flexibility index (Phi) is 3.13. The number of hydrogen-bond donors (Lipinski definition) is 0. The Balaban J connectivity index is 2.18. The minimum atomic E-state index is -0.340. The van der Waals surface area contributed by atoms with Gasteiger partial charge in [-0.25, -0.2) is 0 Å². The number of carbonyl (C=O) groups is 2. The number of carbonyl (C=O) groups excluding carboxylic acids is 2. The molecule has 0 aromatic heterocycles. The molecule has 1 heterocycles. The van der Waals surface area contributed by atoms with Gasteiger partial charge in [-0.15, -0.1) is 0 Å². The van der Waals surface area contributed by atoms with Crippen LogP contribution in [0.1, 0.15) is 12.0 Å². The molecule has 1 aromatic carbocycles. The van der Waals surface area contributed by atoms with E-state index < -0.39 is 0 Å². The van der Waals surface area contributed by atoms with Crippen molar-refractivity contribution in [3.8, 4) is 0 Å². The molecule has 1 fully saturated rings. The number of anilines is 1. The molecule has 0 N–H and O–H groups in total. The highest BCUT2D eigenvalue weighted by atomic mass is 16.5. The molecule has 0 saturated carbocycles. The molecule has 0 aliphatic carbocycles. The van der Waals surface area contributed by atoms with E-state index in [1.54, 1.807) is 4.90 Å². The van der Waals surface area contributed by atoms with Gasteiger partial charge in [0, 0.05) is 18.7 Å². The van der Waals surface area contributed by atoms with Crippen molar-refractivity contribution >= 4 is 17.6 Å². The largest absolute Gasteiger partial charge is 0.469 e. The van der Waals surface area contributed by atoms with Crippen LogP contribution in [0, 0.1) is 12.8 Å². The van der Waals surface area contributed by atoms with Crippen LogP contribution in [0.4, 0.5) is 5.69 Å². The lowest BCUT2D eigenvalue weighted by molar-refractivity contribution is -0.145.